The first-order valence-corrected chi connectivity index (χ1v) is 26.6. The van der Waals surface area contributed by atoms with Crippen molar-refractivity contribution in [1.82, 2.24) is 0 Å². The highest BCUT2D eigenvalue weighted by molar-refractivity contribution is 6.14. The third kappa shape index (κ3) is 6.70. The van der Waals surface area contributed by atoms with Crippen molar-refractivity contribution < 1.29 is 0 Å². The van der Waals surface area contributed by atoms with Gasteiger partial charge >= 0.3 is 0 Å². The lowest BCUT2D eigenvalue weighted by atomic mass is 9.71. The highest BCUT2D eigenvalue weighted by Crippen LogP contribution is 2.63. The van der Waals surface area contributed by atoms with Crippen molar-refractivity contribution in [1.29, 1.82) is 0 Å². The van der Waals surface area contributed by atoms with Crippen LogP contribution in [0, 0.1) is 0 Å². The van der Waals surface area contributed by atoms with Crippen molar-refractivity contribution in [3.8, 4) is 44.5 Å². The van der Waals surface area contributed by atoms with E-state index < -0.39 is 0 Å². The Hall–Kier alpha value is -8.46. The molecule has 2 heteroatoms. The smallest absolute Gasteiger partial charge is 0.0540 e. The summed E-state index contributed by atoms with van der Waals surface area (Å²) in [6.07, 6.45) is 15.8. The highest BCUT2D eigenvalue weighted by Gasteiger charge is 2.47. The zero-order valence-corrected chi connectivity index (χ0v) is 42.7. The summed E-state index contributed by atoms with van der Waals surface area (Å²) in [5.41, 5.74) is 25.7. The molecule has 4 aliphatic carbocycles. The molecule has 0 radical (unpaired) electrons. The molecule has 0 atom stereocenters. The lowest BCUT2D eigenvalue weighted by Gasteiger charge is -2.32. The molecule has 0 fully saturated rings. The minimum Gasteiger partial charge on any atom is -0.310 e. The van der Waals surface area contributed by atoms with Crippen LogP contribution in [0.1, 0.15) is 80.3 Å². The van der Waals surface area contributed by atoms with E-state index in [4.69, 9.17) is 0 Å². The summed E-state index contributed by atoms with van der Waals surface area (Å²) in [6, 6.07) is 74.9. The topological polar surface area (TPSA) is 6.48 Å². The Balaban J connectivity index is 0.889. The van der Waals surface area contributed by atoms with E-state index in [0.29, 0.717) is 0 Å². The first kappa shape index (κ1) is 44.3. The van der Waals surface area contributed by atoms with Gasteiger partial charge in [0.2, 0.25) is 0 Å². The van der Waals surface area contributed by atoms with Crippen molar-refractivity contribution in [2.75, 3.05) is 9.80 Å². The Kier molecular flexibility index (Phi) is 10.2. The lowest BCUT2D eigenvalue weighted by molar-refractivity contribution is 0.602. The van der Waals surface area contributed by atoms with Crippen LogP contribution in [-0.4, -0.2) is 0 Å². The molecule has 14 rings (SSSR count). The Bertz CT molecular complexity index is 3960. The lowest BCUT2D eigenvalue weighted by Crippen LogP contribution is -2.24. The molecule has 0 saturated heterocycles. The standard InChI is InChI=1S/C72H58N2/c1-71(2)63-45-47(53-41-43-65(57-33-19-17-31-55(53)57)73(49-23-9-5-10-24-49)50-25-11-6-12-26-50)37-39-61(63)67-59-35-21-22-36-60(59)68-62-40-38-48(46-64(62)72(3,4)70(68)69(67)71)54-42-44-66(58-34-20-18-32-56(54)58)74(51-27-13-7-14-28-51)52-29-15-8-16-30-52/h5-7,9-15,18-30,32-46H,8,16-17,31H2,1-4H3. The maximum absolute atomic E-state index is 2.55. The maximum Gasteiger partial charge on any atom is 0.0540 e. The number of rotatable bonds is 8. The summed E-state index contributed by atoms with van der Waals surface area (Å²) in [4.78, 5) is 4.85. The van der Waals surface area contributed by atoms with Crippen molar-refractivity contribution in [2.24, 2.45) is 0 Å². The van der Waals surface area contributed by atoms with Gasteiger partial charge in [0.25, 0.3) is 0 Å². The number of nitrogens with zero attached hydrogens (tertiary/aromatic N) is 2. The molecule has 2 nitrogen and oxygen atoms in total. The molecule has 0 bridgehead atoms. The van der Waals surface area contributed by atoms with Crippen LogP contribution in [-0.2, 0) is 17.3 Å². The van der Waals surface area contributed by atoms with Crippen LogP contribution in [0.4, 0.5) is 28.4 Å². The zero-order valence-electron chi connectivity index (χ0n) is 42.7. The van der Waals surface area contributed by atoms with Gasteiger partial charge in [0, 0.05) is 44.5 Å². The van der Waals surface area contributed by atoms with Crippen LogP contribution < -0.4 is 9.80 Å². The second-order valence-corrected chi connectivity index (χ2v) is 21.7. The van der Waals surface area contributed by atoms with Gasteiger partial charge in [0.15, 0.2) is 0 Å². The Morgan fingerprint density at radius 3 is 1.42 bits per heavy atom. The van der Waals surface area contributed by atoms with Gasteiger partial charge in [-0.3, -0.25) is 0 Å². The van der Waals surface area contributed by atoms with E-state index in [0.717, 1.165) is 37.1 Å². The van der Waals surface area contributed by atoms with E-state index in [1.807, 2.05) is 0 Å². The molecule has 0 unspecified atom stereocenters. The highest BCUT2D eigenvalue weighted by atomic mass is 15.2. The number of anilines is 5. The van der Waals surface area contributed by atoms with Crippen molar-refractivity contribution in [3.05, 3.63) is 264 Å². The van der Waals surface area contributed by atoms with Gasteiger partial charge in [-0.2, -0.15) is 0 Å². The molecule has 10 aromatic carbocycles. The number of hydrogen-bond acceptors (Lipinski definition) is 2. The van der Waals surface area contributed by atoms with Gasteiger partial charge < -0.3 is 9.80 Å². The van der Waals surface area contributed by atoms with E-state index in [1.165, 1.54) is 122 Å². The normalized spacial score (nSPS) is 15.3. The second kappa shape index (κ2) is 17.1. The molecule has 356 valence electrons. The summed E-state index contributed by atoms with van der Waals surface area (Å²) in [7, 11) is 0. The molecule has 0 heterocycles. The predicted octanol–water partition coefficient (Wildman–Crippen LogP) is 19.7. The zero-order chi connectivity index (χ0) is 49.7. The quantitative estimate of drug-likeness (QED) is 0.150. The number of para-hydroxylation sites is 3. The monoisotopic (exact) mass is 950 g/mol. The first-order chi connectivity index (χ1) is 36.3. The Morgan fingerprint density at radius 2 is 0.851 bits per heavy atom. The van der Waals surface area contributed by atoms with Crippen LogP contribution in [0.5, 0.6) is 0 Å². The molecular weight excluding hydrogens is 893 g/mol. The van der Waals surface area contributed by atoms with Gasteiger partial charge in [-0.25, -0.2) is 0 Å². The summed E-state index contributed by atoms with van der Waals surface area (Å²) < 4.78 is 0. The van der Waals surface area contributed by atoms with E-state index >= 15 is 0 Å². The fourth-order valence-corrected chi connectivity index (χ4v) is 13.5. The molecule has 0 N–H and O–H groups in total. The largest absolute Gasteiger partial charge is 0.310 e. The summed E-state index contributed by atoms with van der Waals surface area (Å²) >= 11 is 0. The van der Waals surface area contributed by atoms with Crippen molar-refractivity contribution >= 4 is 56.1 Å². The van der Waals surface area contributed by atoms with Gasteiger partial charge in [0.1, 0.15) is 0 Å². The predicted molar refractivity (Wildman–Crippen MR) is 315 cm³/mol. The van der Waals surface area contributed by atoms with Gasteiger partial charge in [-0.05, 0) is 181 Å². The van der Waals surface area contributed by atoms with E-state index in [9.17, 15) is 0 Å². The summed E-state index contributed by atoms with van der Waals surface area (Å²) in [6.45, 7) is 9.96. The minimum absolute atomic E-state index is 0.256. The molecule has 4 aliphatic rings. The molecular formula is C72H58N2. The third-order valence-corrected chi connectivity index (χ3v) is 16.9. The molecule has 0 aliphatic heterocycles. The molecule has 0 amide bonds. The molecule has 0 spiro atoms. The number of fused-ring (bicyclic) bond motifs is 12. The minimum atomic E-state index is -0.263. The SMILES string of the molecule is CC1(C)c2cc(-c3ccc(N(c4ccccc4)c4ccccc4)c4c3CCC=C4)ccc2-c2c1c1c(c3ccccc23)-c2ccc(-c3ccc(N(C4=CCCC=C4)c4ccccc4)c4ccccc34)cc2C1(C)C. The van der Waals surface area contributed by atoms with Gasteiger partial charge in [0.05, 0.1) is 11.4 Å². The number of allylic oxidation sites excluding steroid dienone is 4. The molecule has 10 aromatic rings. The first-order valence-electron chi connectivity index (χ1n) is 26.6. The average molecular weight is 951 g/mol. The fourth-order valence-electron chi connectivity index (χ4n) is 13.5. The van der Waals surface area contributed by atoms with E-state index in [2.05, 4.69) is 268 Å². The average Bonchev–Trinajstić information content (AvgIpc) is 3.84. The molecule has 0 saturated carbocycles. The fraction of sp³-hybridized carbons (Fsp3) is 0.139. The van der Waals surface area contributed by atoms with Crippen LogP contribution in [0.3, 0.4) is 0 Å². The third-order valence-electron chi connectivity index (χ3n) is 16.9. The van der Waals surface area contributed by atoms with Crippen LogP contribution in [0.2, 0.25) is 0 Å². The Labute approximate surface area is 435 Å². The second-order valence-electron chi connectivity index (χ2n) is 21.7. The number of hydrogen-bond donors (Lipinski definition) is 0. The molecule has 74 heavy (non-hydrogen) atoms. The van der Waals surface area contributed by atoms with Gasteiger partial charge in [-0.1, -0.05) is 192 Å². The van der Waals surface area contributed by atoms with E-state index in [-0.39, 0.29) is 10.8 Å². The van der Waals surface area contributed by atoms with Crippen LogP contribution in [0.15, 0.2) is 230 Å². The van der Waals surface area contributed by atoms with Crippen LogP contribution in [0.25, 0.3) is 72.1 Å². The molecule has 0 aromatic heterocycles. The summed E-state index contributed by atoms with van der Waals surface area (Å²) in [5.74, 6) is 0. The van der Waals surface area contributed by atoms with Crippen molar-refractivity contribution in [2.45, 2.75) is 64.2 Å². The Morgan fingerprint density at radius 1 is 0.378 bits per heavy atom. The summed E-state index contributed by atoms with van der Waals surface area (Å²) in [5, 5.41) is 5.19. The maximum atomic E-state index is 2.55. The van der Waals surface area contributed by atoms with Crippen molar-refractivity contribution in [3.63, 3.8) is 0 Å². The van der Waals surface area contributed by atoms with E-state index in [1.54, 1.807) is 0 Å². The van der Waals surface area contributed by atoms with Crippen LogP contribution >= 0.6 is 0 Å². The van der Waals surface area contributed by atoms with Gasteiger partial charge in [-0.15, -0.1) is 0 Å². The number of benzene rings is 10.